The van der Waals surface area contributed by atoms with Crippen molar-refractivity contribution in [1.82, 2.24) is 4.31 Å². The topological polar surface area (TPSA) is 66.6 Å². The highest BCUT2D eigenvalue weighted by Crippen LogP contribution is 2.34. The maximum atomic E-state index is 13.3. The minimum Gasteiger partial charge on any atom is -0.377 e. The number of aryl methyl sites for hydroxylation is 1. The number of halogens is 1. The van der Waals surface area contributed by atoms with Gasteiger partial charge in [0.15, 0.2) is 0 Å². The number of nitrogens with zero attached hydrogens (tertiary/aromatic N) is 2. The van der Waals surface area contributed by atoms with Gasteiger partial charge in [-0.1, -0.05) is 38.1 Å². The smallest absolute Gasteiger partial charge is 0.243 e. The number of sulfonamides is 1. The van der Waals surface area contributed by atoms with E-state index in [4.69, 9.17) is 5.73 Å². The first-order chi connectivity index (χ1) is 11.4. The minimum absolute atomic E-state index is 0. The molecule has 0 unspecified atom stereocenters. The number of likely N-dealkylation sites (N-methyl/N-ethyl adjacent to an activating group) is 1. The third-order valence-corrected chi connectivity index (χ3v) is 6.38. The van der Waals surface area contributed by atoms with E-state index in [9.17, 15) is 8.42 Å². The average Bonchev–Trinajstić information content (AvgIpc) is 2.57. The third-order valence-electron chi connectivity index (χ3n) is 4.26. The molecule has 5 nitrogen and oxygen atoms in total. The second kappa shape index (κ2) is 8.85. The predicted octanol–water partition coefficient (Wildman–Crippen LogP) is 2.86. The zero-order chi connectivity index (χ0) is 17.9. The summed E-state index contributed by atoms with van der Waals surface area (Å²) in [5.41, 5.74) is 7.46. The number of nitrogens with two attached hydrogens (primary N) is 1. The molecule has 0 aliphatic rings. The van der Waals surface area contributed by atoms with E-state index in [1.165, 1.54) is 4.31 Å². The Morgan fingerprint density at radius 1 is 1.04 bits per heavy atom. The summed E-state index contributed by atoms with van der Waals surface area (Å²) in [6.07, 6.45) is 0.664. The summed E-state index contributed by atoms with van der Waals surface area (Å²) >= 11 is 0. The van der Waals surface area contributed by atoms with Crippen LogP contribution in [0, 0.1) is 0 Å². The Kier molecular flexibility index (Phi) is 7.68. The lowest BCUT2D eigenvalue weighted by Crippen LogP contribution is -2.35. The van der Waals surface area contributed by atoms with Crippen LogP contribution in [0.4, 0.5) is 5.69 Å². The zero-order valence-electron chi connectivity index (χ0n) is 15.3. The number of rotatable bonds is 7. The first kappa shape index (κ1) is 21.7. The first-order valence-corrected chi connectivity index (χ1v) is 9.74. The van der Waals surface area contributed by atoms with Gasteiger partial charge in [-0.2, -0.15) is 4.31 Å². The summed E-state index contributed by atoms with van der Waals surface area (Å²) < 4.78 is 28.0. The number of hydrogen-bond acceptors (Lipinski definition) is 4. The van der Waals surface area contributed by atoms with Crippen LogP contribution in [0.5, 0.6) is 0 Å². The van der Waals surface area contributed by atoms with E-state index >= 15 is 0 Å². The molecule has 0 fully saturated rings. The van der Waals surface area contributed by atoms with Crippen molar-refractivity contribution in [3.05, 3.63) is 35.9 Å². The molecule has 0 saturated heterocycles. The van der Waals surface area contributed by atoms with Crippen molar-refractivity contribution in [3.63, 3.8) is 0 Å². The highest BCUT2D eigenvalue weighted by molar-refractivity contribution is 7.89. The normalized spacial score (nSPS) is 11.6. The zero-order valence-corrected chi connectivity index (χ0v) is 17.0. The molecular formula is C18H28ClN3O2S. The van der Waals surface area contributed by atoms with Crippen LogP contribution in [-0.2, 0) is 16.4 Å². The largest absolute Gasteiger partial charge is 0.377 e. The molecule has 0 saturated carbocycles. The molecule has 0 aromatic heterocycles. The lowest BCUT2D eigenvalue weighted by atomic mass is 10.0. The molecule has 7 heteroatoms. The lowest BCUT2D eigenvalue weighted by Gasteiger charge is -2.24. The second-order valence-electron chi connectivity index (χ2n) is 5.96. The van der Waals surface area contributed by atoms with Crippen LogP contribution in [-0.4, -0.2) is 46.5 Å². The van der Waals surface area contributed by atoms with Crippen molar-refractivity contribution < 1.29 is 8.42 Å². The lowest BCUT2D eigenvalue weighted by molar-refractivity contribution is 0.435. The van der Waals surface area contributed by atoms with Crippen molar-refractivity contribution in [1.29, 1.82) is 0 Å². The Balaban J connectivity index is 0.00000312. The van der Waals surface area contributed by atoms with Gasteiger partial charge in [-0.25, -0.2) is 8.42 Å². The summed E-state index contributed by atoms with van der Waals surface area (Å²) in [4.78, 5) is 2.42. The maximum Gasteiger partial charge on any atom is 0.243 e. The highest BCUT2D eigenvalue weighted by Gasteiger charge is 2.27. The van der Waals surface area contributed by atoms with E-state index < -0.39 is 10.0 Å². The maximum absolute atomic E-state index is 13.3. The number of fused-ring (bicyclic) bond motifs is 1. The van der Waals surface area contributed by atoms with Gasteiger partial charge in [-0.05, 0) is 18.1 Å². The monoisotopic (exact) mass is 385 g/mol. The van der Waals surface area contributed by atoms with Gasteiger partial charge in [0.2, 0.25) is 10.0 Å². The Hall–Kier alpha value is -1.34. The van der Waals surface area contributed by atoms with E-state index in [-0.39, 0.29) is 12.4 Å². The van der Waals surface area contributed by atoms with Crippen molar-refractivity contribution in [3.8, 4) is 0 Å². The van der Waals surface area contributed by atoms with E-state index in [1.54, 1.807) is 0 Å². The molecule has 2 aromatic carbocycles. The summed E-state index contributed by atoms with van der Waals surface area (Å²) in [6.45, 7) is 4.87. The SMILES string of the molecule is CCc1ccc2c(N(C)C)cccc2c1S(=O)(=O)N(CC)CCN.Cl. The highest BCUT2D eigenvalue weighted by atomic mass is 35.5. The molecule has 2 N–H and O–H groups in total. The quantitative estimate of drug-likeness (QED) is 0.795. The Bertz CT molecular complexity index is 822. The molecule has 0 heterocycles. The molecule has 0 aliphatic carbocycles. The van der Waals surface area contributed by atoms with Crippen LogP contribution in [0.15, 0.2) is 35.2 Å². The van der Waals surface area contributed by atoms with Crippen LogP contribution in [0.2, 0.25) is 0 Å². The van der Waals surface area contributed by atoms with Gasteiger partial charge in [0.05, 0.1) is 4.90 Å². The second-order valence-corrected chi connectivity index (χ2v) is 7.83. The van der Waals surface area contributed by atoms with Gasteiger partial charge >= 0.3 is 0 Å². The van der Waals surface area contributed by atoms with Crippen LogP contribution in [0.25, 0.3) is 10.8 Å². The predicted molar refractivity (Wildman–Crippen MR) is 108 cm³/mol. The van der Waals surface area contributed by atoms with Crippen molar-refractivity contribution in [2.45, 2.75) is 25.2 Å². The molecule has 0 radical (unpaired) electrons. The Labute approximate surface area is 157 Å². The summed E-state index contributed by atoms with van der Waals surface area (Å²) in [7, 11) is 0.333. The van der Waals surface area contributed by atoms with Crippen molar-refractivity contribution >= 4 is 38.9 Å². The van der Waals surface area contributed by atoms with Gasteiger partial charge in [-0.15, -0.1) is 12.4 Å². The van der Waals surface area contributed by atoms with E-state index in [2.05, 4.69) is 0 Å². The van der Waals surface area contributed by atoms with Gasteiger partial charge in [0, 0.05) is 50.2 Å². The van der Waals surface area contributed by atoms with Gasteiger partial charge in [-0.3, -0.25) is 0 Å². The first-order valence-electron chi connectivity index (χ1n) is 8.30. The Morgan fingerprint density at radius 2 is 1.72 bits per heavy atom. The van der Waals surface area contributed by atoms with Gasteiger partial charge in [0.25, 0.3) is 0 Å². The summed E-state index contributed by atoms with van der Waals surface area (Å²) in [6, 6.07) is 9.75. The van der Waals surface area contributed by atoms with E-state index in [1.807, 2.05) is 63.2 Å². The minimum atomic E-state index is -3.59. The number of hydrogen-bond donors (Lipinski definition) is 1. The van der Waals surface area contributed by atoms with Gasteiger partial charge < -0.3 is 10.6 Å². The summed E-state index contributed by atoms with van der Waals surface area (Å²) in [5.74, 6) is 0. The number of anilines is 1. The van der Waals surface area contributed by atoms with Crippen LogP contribution < -0.4 is 10.6 Å². The fraction of sp³-hybridized carbons (Fsp3) is 0.444. The molecule has 2 aromatic rings. The van der Waals surface area contributed by atoms with Gasteiger partial charge in [0.1, 0.15) is 0 Å². The fourth-order valence-electron chi connectivity index (χ4n) is 3.05. The average molecular weight is 386 g/mol. The van der Waals surface area contributed by atoms with E-state index in [0.717, 1.165) is 22.0 Å². The molecule has 0 atom stereocenters. The molecular weight excluding hydrogens is 358 g/mol. The molecule has 0 spiro atoms. The van der Waals surface area contributed by atoms with E-state index in [0.29, 0.717) is 31.0 Å². The third kappa shape index (κ3) is 4.08. The molecule has 2 rings (SSSR count). The van der Waals surface area contributed by atoms with Crippen LogP contribution in [0.3, 0.4) is 0 Å². The number of benzene rings is 2. The molecule has 0 amide bonds. The van der Waals surface area contributed by atoms with Crippen molar-refractivity contribution in [2.75, 3.05) is 38.6 Å². The van der Waals surface area contributed by atoms with Crippen molar-refractivity contribution in [2.24, 2.45) is 5.73 Å². The molecule has 140 valence electrons. The molecule has 0 bridgehead atoms. The summed E-state index contributed by atoms with van der Waals surface area (Å²) in [5, 5.41) is 1.72. The fourth-order valence-corrected chi connectivity index (χ4v) is 5.00. The molecule has 25 heavy (non-hydrogen) atoms. The van der Waals surface area contributed by atoms with Crippen LogP contribution in [0.1, 0.15) is 19.4 Å². The Morgan fingerprint density at radius 3 is 2.24 bits per heavy atom. The van der Waals surface area contributed by atoms with Crippen LogP contribution >= 0.6 is 12.4 Å². The molecule has 0 aliphatic heterocycles. The standard InChI is InChI=1S/C18H27N3O2S.ClH/c1-5-14-10-11-15-16(8-7-9-17(15)20(3)4)18(14)24(22,23)21(6-2)13-12-19;/h7-11H,5-6,12-13,19H2,1-4H3;1H.